The molecule has 2 N–H and O–H groups in total. The highest BCUT2D eigenvalue weighted by Crippen LogP contribution is 2.29. The quantitative estimate of drug-likeness (QED) is 0.907. The van der Waals surface area contributed by atoms with Crippen molar-refractivity contribution in [2.24, 2.45) is 0 Å². The number of halogens is 3. The second-order valence-corrected chi connectivity index (χ2v) is 4.62. The van der Waals surface area contributed by atoms with E-state index in [9.17, 15) is 18.0 Å². The van der Waals surface area contributed by atoms with E-state index in [0.29, 0.717) is 6.54 Å². The van der Waals surface area contributed by atoms with Gasteiger partial charge in [0.2, 0.25) is 0 Å². The van der Waals surface area contributed by atoms with Gasteiger partial charge in [-0.2, -0.15) is 13.2 Å². The van der Waals surface area contributed by atoms with Crippen LogP contribution >= 0.6 is 0 Å². The molecule has 0 aliphatic heterocycles. The van der Waals surface area contributed by atoms with Crippen LogP contribution in [0.15, 0.2) is 42.5 Å². The number of amides is 2. The molecule has 0 bridgehead atoms. The Hall–Kier alpha value is -2.57. The van der Waals surface area contributed by atoms with Gasteiger partial charge in [0.1, 0.15) is 5.69 Å². The van der Waals surface area contributed by atoms with E-state index in [-0.39, 0.29) is 11.4 Å². The Morgan fingerprint density at radius 2 is 1.82 bits per heavy atom. The van der Waals surface area contributed by atoms with Gasteiger partial charge in [0.05, 0.1) is 11.4 Å². The molecule has 2 amide bonds. The van der Waals surface area contributed by atoms with E-state index in [1.165, 1.54) is 13.0 Å². The normalized spacial score (nSPS) is 11.1. The van der Waals surface area contributed by atoms with Gasteiger partial charge in [-0.3, -0.25) is 0 Å². The van der Waals surface area contributed by atoms with E-state index in [0.717, 1.165) is 11.6 Å². The van der Waals surface area contributed by atoms with Crippen molar-refractivity contribution in [3.8, 4) is 0 Å². The highest BCUT2D eigenvalue weighted by atomic mass is 19.4. The van der Waals surface area contributed by atoms with Gasteiger partial charge in [0.25, 0.3) is 0 Å². The van der Waals surface area contributed by atoms with Crippen LogP contribution in [-0.2, 0) is 12.7 Å². The van der Waals surface area contributed by atoms with Crippen LogP contribution in [0.4, 0.5) is 23.7 Å². The first-order valence-electron chi connectivity index (χ1n) is 6.50. The maximum Gasteiger partial charge on any atom is 0.433 e. The lowest BCUT2D eigenvalue weighted by molar-refractivity contribution is -0.141. The zero-order valence-electron chi connectivity index (χ0n) is 11.7. The summed E-state index contributed by atoms with van der Waals surface area (Å²) in [6.07, 6.45) is -4.50. The molecule has 4 nitrogen and oxygen atoms in total. The maximum absolute atomic E-state index is 12.5. The van der Waals surface area contributed by atoms with Crippen molar-refractivity contribution in [3.05, 3.63) is 59.4 Å². The smallest absolute Gasteiger partial charge is 0.334 e. The standard InChI is InChI=1S/C15H14F3N3O/c1-10-12(7-8-13(20-10)15(16,17)18)21-14(22)19-9-11-5-3-2-4-6-11/h2-8H,9H2,1H3,(H2,19,21,22). The lowest BCUT2D eigenvalue weighted by atomic mass is 10.2. The van der Waals surface area contributed by atoms with Crippen molar-refractivity contribution >= 4 is 11.7 Å². The molecule has 0 radical (unpaired) electrons. The average Bonchev–Trinajstić information content (AvgIpc) is 2.47. The van der Waals surface area contributed by atoms with Crippen LogP contribution in [0.25, 0.3) is 0 Å². The molecule has 1 aromatic heterocycles. The largest absolute Gasteiger partial charge is 0.433 e. The molecule has 2 rings (SSSR count). The highest BCUT2D eigenvalue weighted by Gasteiger charge is 2.32. The predicted molar refractivity (Wildman–Crippen MR) is 76.3 cm³/mol. The van der Waals surface area contributed by atoms with E-state index in [4.69, 9.17) is 0 Å². The summed E-state index contributed by atoms with van der Waals surface area (Å²) < 4.78 is 37.5. The minimum atomic E-state index is -4.50. The van der Waals surface area contributed by atoms with Crippen LogP contribution in [-0.4, -0.2) is 11.0 Å². The van der Waals surface area contributed by atoms with Gasteiger partial charge < -0.3 is 10.6 Å². The van der Waals surface area contributed by atoms with Gasteiger partial charge in [0, 0.05) is 6.54 Å². The fraction of sp³-hybridized carbons (Fsp3) is 0.200. The third kappa shape index (κ3) is 4.21. The number of nitrogens with zero attached hydrogens (tertiary/aromatic N) is 1. The molecule has 1 heterocycles. The zero-order valence-corrected chi connectivity index (χ0v) is 11.7. The molecule has 2 aromatic rings. The minimum Gasteiger partial charge on any atom is -0.334 e. The molecule has 0 aliphatic carbocycles. The number of nitrogens with one attached hydrogen (secondary N) is 2. The molecule has 116 valence electrons. The topological polar surface area (TPSA) is 54.0 Å². The third-order valence-corrected chi connectivity index (χ3v) is 2.92. The summed E-state index contributed by atoms with van der Waals surface area (Å²) >= 11 is 0. The molecule has 0 unspecified atom stereocenters. The third-order valence-electron chi connectivity index (χ3n) is 2.92. The molecular weight excluding hydrogens is 295 g/mol. The summed E-state index contributed by atoms with van der Waals surface area (Å²) in [5.74, 6) is 0. The van der Waals surface area contributed by atoms with Gasteiger partial charge in [-0.25, -0.2) is 9.78 Å². The molecule has 0 atom stereocenters. The van der Waals surface area contributed by atoms with E-state index in [1.54, 1.807) is 0 Å². The molecule has 22 heavy (non-hydrogen) atoms. The second kappa shape index (κ2) is 6.46. The predicted octanol–water partition coefficient (Wildman–Crippen LogP) is 3.73. The zero-order chi connectivity index (χ0) is 16.2. The second-order valence-electron chi connectivity index (χ2n) is 4.62. The number of urea groups is 1. The molecule has 7 heteroatoms. The molecule has 0 aliphatic rings. The first-order chi connectivity index (χ1) is 10.4. The van der Waals surface area contributed by atoms with Crippen LogP contribution < -0.4 is 10.6 Å². The van der Waals surface area contributed by atoms with Crippen molar-refractivity contribution in [2.45, 2.75) is 19.6 Å². The van der Waals surface area contributed by atoms with Gasteiger partial charge in [0.15, 0.2) is 0 Å². The minimum absolute atomic E-state index is 0.102. The van der Waals surface area contributed by atoms with Gasteiger partial charge in [-0.15, -0.1) is 0 Å². The number of benzene rings is 1. The van der Waals surface area contributed by atoms with Gasteiger partial charge >= 0.3 is 12.2 Å². The summed E-state index contributed by atoms with van der Waals surface area (Å²) in [6.45, 7) is 1.72. The molecule has 0 spiro atoms. The first kappa shape index (κ1) is 15.8. The number of hydrogen-bond acceptors (Lipinski definition) is 2. The molecule has 0 saturated carbocycles. The van der Waals surface area contributed by atoms with E-state index < -0.39 is 17.9 Å². The number of aryl methyl sites for hydroxylation is 1. The Morgan fingerprint density at radius 1 is 1.14 bits per heavy atom. The van der Waals surface area contributed by atoms with Crippen molar-refractivity contribution in [2.75, 3.05) is 5.32 Å². The van der Waals surface area contributed by atoms with Gasteiger partial charge in [-0.05, 0) is 24.6 Å². The number of pyridine rings is 1. The fourth-order valence-corrected chi connectivity index (χ4v) is 1.80. The fourth-order valence-electron chi connectivity index (χ4n) is 1.80. The Balaban J connectivity index is 1.97. The Kier molecular flexibility index (Phi) is 4.65. The first-order valence-corrected chi connectivity index (χ1v) is 6.50. The monoisotopic (exact) mass is 309 g/mol. The Morgan fingerprint density at radius 3 is 2.41 bits per heavy atom. The summed E-state index contributed by atoms with van der Waals surface area (Å²) in [4.78, 5) is 15.2. The number of carbonyl (C=O) groups excluding carboxylic acids is 1. The molecular formula is C15H14F3N3O. The van der Waals surface area contributed by atoms with Crippen LogP contribution in [0.3, 0.4) is 0 Å². The Labute approximate surface area is 125 Å². The van der Waals surface area contributed by atoms with E-state index >= 15 is 0 Å². The number of anilines is 1. The number of hydrogen-bond donors (Lipinski definition) is 2. The lowest BCUT2D eigenvalue weighted by Crippen LogP contribution is -2.28. The Bertz CT molecular complexity index is 657. The summed E-state index contributed by atoms with van der Waals surface area (Å²) in [6, 6.07) is 10.8. The SMILES string of the molecule is Cc1nc(C(F)(F)F)ccc1NC(=O)NCc1ccccc1. The summed E-state index contributed by atoms with van der Waals surface area (Å²) in [5.41, 5.74) is 0.267. The number of carbonyl (C=O) groups is 1. The summed E-state index contributed by atoms with van der Waals surface area (Å²) in [5, 5.41) is 5.10. The van der Waals surface area contributed by atoms with Crippen LogP contribution in [0, 0.1) is 6.92 Å². The number of rotatable bonds is 3. The van der Waals surface area contributed by atoms with E-state index in [2.05, 4.69) is 15.6 Å². The van der Waals surface area contributed by atoms with Crippen molar-refractivity contribution < 1.29 is 18.0 Å². The maximum atomic E-state index is 12.5. The van der Waals surface area contributed by atoms with Crippen LogP contribution in [0.2, 0.25) is 0 Å². The average molecular weight is 309 g/mol. The highest BCUT2D eigenvalue weighted by molar-refractivity contribution is 5.89. The lowest BCUT2D eigenvalue weighted by Gasteiger charge is -2.12. The van der Waals surface area contributed by atoms with Crippen molar-refractivity contribution in [1.29, 1.82) is 0 Å². The molecule has 0 saturated heterocycles. The van der Waals surface area contributed by atoms with Crippen molar-refractivity contribution in [3.63, 3.8) is 0 Å². The van der Waals surface area contributed by atoms with Crippen molar-refractivity contribution in [1.82, 2.24) is 10.3 Å². The van der Waals surface area contributed by atoms with Gasteiger partial charge in [-0.1, -0.05) is 30.3 Å². The summed E-state index contributed by atoms with van der Waals surface area (Å²) in [7, 11) is 0. The molecule has 0 fully saturated rings. The van der Waals surface area contributed by atoms with Crippen LogP contribution in [0.5, 0.6) is 0 Å². The number of alkyl halides is 3. The molecule has 1 aromatic carbocycles. The number of aromatic nitrogens is 1. The van der Waals surface area contributed by atoms with E-state index in [1.807, 2.05) is 30.3 Å². The van der Waals surface area contributed by atoms with Crippen LogP contribution in [0.1, 0.15) is 17.0 Å².